The molecule has 2 unspecified atom stereocenters. The molecule has 1 N–H and O–H groups in total. The standard InChI is InChI=1S/C17H25N3OS.ClH/c1-19-8-9-20(16(12-19)14-5-3-2-4-6-14)17(21)11-15-13-22-10-7-18-15;/h2-6,15-16,18H,7-13H2,1H3;1H. The molecule has 0 saturated carbocycles. The average molecular weight is 356 g/mol. The van der Waals surface area contributed by atoms with Crippen LogP contribution in [0.1, 0.15) is 18.0 Å². The van der Waals surface area contributed by atoms with Crippen molar-refractivity contribution in [3.8, 4) is 0 Å². The molecule has 4 nitrogen and oxygen atoms in total. The fourth-order valence-electron chi connectivity index (χ4n) is 3.26. The summed E-state index contributed by atoms with van der Waals surface area (Å²) in [6.45, 7) is 3.73. The van der Waals surface area contributed by atoms with Gasteiger partial charge in [-0.3, -0.25) is 4.79 Å². The second kappa shape index (κ2) is 8.92. The Kier molecular flexibility index (Phi) is 7.21. The van der Waals surface area contributed by atoms with Crippen LogP contribution >= 0.6 is 24.2 Å². The van der Waals surface area contributed by atoms with Gasteiger partial charge in [0.05, 0.1) is 6.04 Å². The first-order chi connectivity index (χ1) is 10.7. The van der Waals surface area contributed by atoms with Crippen molar-refractivity contribution >= 4 is 30.1 Å². The maximum absolute atomic E-state index is 12.8. The number of hydrogen-bond acceptors (Lipinski definition) is 4. The molecule has 2 heterocycles. The summed E-state index contributed by atoms with van der Waals surface area (Å²) < 4.78 is 0. The Morgan fingerprint density at radius 3 is 2.78 bits per heavy atom. The van der Waals surface area contributed by atoms with E-state index >= 15 is 0 Å². The molecule has 1 aromatic rings. The summed E-state index contributed by atoms with van der Waals surface area (Å²) >= 11 is 1.95. The molecule has 2 atom stereocenters. The summed E-state index contributed by atoms with van der Waals surface area (Å²) in [6, 6.07) is 11.0. The molecule has 23 heavy (non-hydrogen) atoms. The van der Waals surface area contributed by atoms with Crippen molar-refractivity contribution in [3.63, 3.8) is 0 Å². The number of hydrogen-bond donors (Lipinski definition) is 1. The maximum Gasteiger partial charge on any atom is 0.224 e. The Labute approximate surface area is 149 Å². The number of carbonyl (C=O) groups is 1. The van der Waals surface area contributed by atoms with Gasteiger partial charge in [-0.25, -0.2) is 0 Å². The van der Waals surface area contributed by atoms with Crippen LogP contribution in [-0.4, -0.2) is 66.5 Å². The summed E-state index contributed by atoms with van der Waals surface area (Å²) in [5.41, 5.74) is 1.24. The van der Waals surface area contributed by atoms with Crippen molar-refractivity contribution in [2.75, 3.05) is 44.7 Å². The third-order valence-corrected chi connectivity index (χ3v) is 5.64. The van der Waals surface area contributed by atoms with Crippen LogP contribution in [0.4, 0.5) is 0 Å². The number of thioether (sulfide) groups is 1. The minimum atomic E-state index is 0. The number of amides is 1. The van der Waals surface area contributed by atoms with Crippen LogP contribution in [0.2, 0.25) is 0 Å². The van der Waals surface area contributed by atoms with Crippen molar-refractivity contribution in [3.05, 3.63) is 35.9 Å². The van der Waals surface area contributed by atoms with E-state index in [1.807, 2.05) is 17.8 Å². The van der Waals surface area contributed by atoms with E-state index in [4.69, 9.17) is 0 Å². The van der Waals surface area contributed by atoms with E-state index < -0.39 is 0 Å². The first-order valence-electron chi connectivity index (χ1n) is 8.08. The number of benzene rings is 1. The molecule has 0 radical (unpaired) electrons. The van der Waals surface area contributed by atoms with Crippen LogP contribution in [0.15, 0.2) is 30.3 Å². The summed E-state index contributed by atoms with van der Waals surface area (Å²) in [6.07, 6.45) is 0.625. The van der Waals surface area contributed by atoms with Crippen LogP contribution in [0, 0.1) is 0 Å². The van der Waals surface area contributed by atoms with E-state index in [9.17, 15) is 4.79 Å². The van der Waals surface area contributed by atoms with Crippen molar-refractivity contribution in [1.29, 1.82) is 0 Å². The molecule has 0 bridgehead atoms. The molecule has 0 spiro atoms. The fourth-order valence-corrected chi connectivity index (χ4v) is 4.21. The maximum atomic E-state index is 12.8. The zero-order valence-electron chi connectivity index (χ0n) is 13.6. The molecule has 128 valence electrons. The van der Waals surface area contributed by atoms with Gasteiger partial charge in [0.1, 0.15) is 0 Å². The average Bonchev–Trinajstić information content (AvgIpc) is 2.56. The highest BCUT2D eigenvalue weighted by Gasteiger charge is 2.31. The van der Waals surface area contributed by atoms with Crippen LogP contribution < -0.4 is 5.32 Å². The van der Waals surface area contributed by atoms with Gasteiger partial charge in [0.15, 0.2) is 0 Å². The predicted octanol–water partition coefficient (Wildman–Crippen LogP) is 2.02. The molecule has 3 rings (SSSR count). The third kappa shape index (κ3) is 4.86. The number of carbonyl (C=O) groups excluding carboxylic acids is 1. The Balaban J connectivity index is 0.00000192. The van der Waals surface area contributed by atoms with Crippen LogP contribution in [-0.2, 0) is 4.79 Å². The number of likely N-dealkylation sites (N-methyl/N-ethyl adjacent to an activating group) is 1. The van der Waals surface area contributed by atoms with Gasteiger partial charge in [0.25, 0.3) is 0 Å². The third-order valence-electron chi connectivity index (χ3n) is 4.51. The van der Waals surface area contributed by atoms with E-state index in [2.05, 4.69) is 46.4 Å². The molecule has 2 fully saturated rings. The van der Waals surface area contributed by atoms with Gasteiger partial charge >= 0.3 is 0 Å². The van der Waals surface area contributed by atoms with Gasteiger partial charge in [-0.1, -0.05) is 30.3 Å². The minimum absolute atomic E-state index is 0. The van der Waals surface area contributed by atoms with Gasteiger partial charge in [-0.05, 0) is 12.6 Å². The zero-order valence-corrected chi connectivity index (χ0v) is 15.2. The molecule has 2 saturated heterocycles. The quantitative estimate of drug-likeness (QED) is 0.899. The van der Waals surface area contributed by atoms with Gasteiger partial charge in [0, 0.05) is 50.1 Å². The first kappa shape index (κ1) is 18.6. The molecule has 2 aliphatic heterocycles. The smallest absolute Gasteiger partial charge is 0.224 e. The molecular formula is C17H26ClN3OS. The van der Waals surface area contributed by atoms with Crippen LogP contribution in [0.5, 0.6) is 0 Å². The SMILES string of the molecule is CN1CCN(C(=O)CC2CSCCN2)C(c2ccccc2)C1.Cl. The lowest BCUT2D eigenvalue weighted by Crippen LogP contribution is -2.51. The van der Waals surface area contributed by atoms with E-state index in [1.54, 1.807) is 0 Å². The first-order valence-corrected chi connectivity index (χ1v) is 9.23. The van der Waals surface area contributed by atoms with Crippen LogP contribution in [0.25, 0.3) is 0 Å². The van der Waals surface area contributed by atoms with Gasteiger partial charge in [-0.2, -0.15) is 11.8 Å². The Bertz CT molecular complexity index is 496. The minimum Gasteiger partial charge on any atom is -0.333 e. The number of nitrogens with zero attached hydrogens (tertiary/aromatic N) is 2. The van der Waals surface area contributed by atoms with Crippen molar-refractivity contribution < 1.29 is 4.79 Å². The Morgan fingerprint density at radius 1 is 1.30 bits per heavy atom. The van der Waals surface area contributed by atoms with E-state index in [0.717, 1.165) is 37.7 Å². The topological polar surface area (TPSA) is 35.6 Å². The molecule has 6 heteroatoms. The molecule has 2 aliphatic rings. The number of piperazine rings is 1. The zero-order chi connectivity index (χ0) is 15.4. The van der Waals surface area contributed by atoms with E-state index in [0.29, 0.717) is 18.4 Å². The largest absolute Gasteiger partial charge is 0.333 e. The molecule has 0 aromatic heterocycles. The summed E-state index contributed by atoms with van der Waals surface area (Å²) in [4.78, 5) is 17.2. The van der Waals surface area contributed by atoms with Crippen molar-refractivity contribution in [2.45, 2.75) is 18.5 Å². The lowest BCUT2D eigenvalue weighted by Gasteiger charge is -2.41. The van der Waals surface area contributed by atoms with Gasteiger partial charge in [-0.15, -0.1) is 12.4 Å². The summed E-state index contributed by atoms with van der Waals surface area (Å²) in [7, 11) is 2.14. The second-order valence-corrected chi connectivity index (χ2v) is 7.36. The summed E-state index contributed by atoms with van der Waals surface area (Å²) in [5, 5.41) is 3.47. The van der Waals surface area contributed by atoms with E-state index in [-0.39, 0.29) is 18.4 Å². The van der Waals surface area contributed by atoms with Crippen molar-refractivity contribution in [1.82, 2.24) is 15.1 Å². The van der Waals surface area contributed by atoms with Crippen LogP contribution in [0.3, 0.4) is 0 Å². The highest BCUT2D eigenvalue weighted by atomic mass is 35.5. The summed E-state index contributed by atoms with van der Waals surface area (Å²) in [5.74, 6) is 2.50. The van der Waals surface area contributed by atoms with Crippen molar-refractivity contribution in [2.24, 2.45) is 0 Å². The van der Waals surface area contributed by atoms with Gasteiger partial charge < -0.3 is 15.1 Å². The Morgan fingerprint density at radius 2 is 2.09 bits per heavy atom. The predicted molar refractivity (Wildman–Crippen MR) is 99.4 cm³/mol. The lowest BCUT2D eigenvalue weighted by molar-refractivity contribution is -0.136. The highest BCUT2D eigenvalue weighted by molar-refractivity contribution is 7.99. The highest BCUT2D eigenvalue weighted by Crippen LogP contribution is 2.26. The molecule has 1 amide bonds. The fraction of sp³-hybridized carbons (Fsp3) is 0.588. The lowest BCUT2D eigenvalue weighted by atomic mass is 10.0. The van der Waals surface area contributed by atoms with E-state index in [1.165, 1.54) is 5.56 Å². The molecule has 0 aliphatic carbocycles. The monoisotopic (exact) mass is 355 g/mol. The Hall–Kier alpha value is -0.750. The molecular weight excluding hydrogens is 330 g/mol. The normalized spacial score (nSPS) is 25.7. The molecule has 1 aromatic carbocycles. The number of nitrogens with one attached hydrogen (secondary N) is 1. The number of rotatable bonds is 3. The number of halogens is 1. The second-order valence-electron chi connectivity index (χ2n) is 6.21. The van der Waals surface area contributed by atoms with Gasteiger partial charge in [0.2, 0.25) is 5.91 Å².